The number of aromatic amines is 2. The third-order valence-electron chi connectivity index (χ3n) is 5.57. The van der Waals surface area contributed by atoms with Gasteiger partial charge < -0.3 is 35.8 Å². The predicted octanol–water partition coefficient (Wildman–Crippen LogP) is 4.24. The highest BCUT2D eigenvalue weighted by atomic mass is 16.5. The number of nitrogen functional groups attached to an aromatic ring is 1. The molecule has 0 aliphatic carbocycles. The minimum absolute atomic E-state index is 0.389. The molecular weight excluding hydrogens is 418 g/mol. The lowest BCUT2D eigenvalue weighted by Gasteiger charge is -2.27. The van der Waals surface area contributed by atoms with Crippen LogP contribution in [-0.2, 0) is 11.3 Å². The van der Waals surface area contributed by atoms with Crippen molar-refractivity contribution in [1.29, 1.82) is 0 Å². The third-order valence-corrected chi connectivity index (χ3v) is 5.57. The van der Waals surface area contributed by atoms with E-state index in [1.54, 1.807) is 0 Å². The first-order valence-electron chi connectivity index (χ1n) is 10.8. The molecule has 6 N–H and O–H groups in total. The number of nitrogens with one attached hydrogen (secondary N) is 4. The lowest BCUT2D eigenvalue weighted by Crippen LogP contribution is -2.40. The summed E-state index contributed by atoms with van der Waals surface area (Å²) in [4.78, 5) is 15.5. The van der Waals surface area contributed by atoms with Gasteiger partial charge in [0, 0.05) is 17.9 Å². The van der Waals surface area contributed by atoms with E-state index in [9.17, 15) is 0 Å². The molecule has 0 atom stereocenters. The number of nitrogens with two attached hydrogens (primary N) is 1. The lowest BCUT2D eigenvalue weighted by molar-refractivity contribution is 0.0211. The molecule has 9 nitrogen and oxygen atoms in total. The molecule has 1 saturated heterocycles. The molecule has 0 bridgehead atoms. The van der Waals surface area contributed by atoms with Gasteiger partial charge in [-0.1, -0.05) is 12.1 Å². The van der Waals surface area contributed by atoms with E-state index in [1.165, 1.54) is 0 Å². The van der Waals surface area contributed by atoms with Gasteiger partial charge in [-0.25, -0.2) is 4.98 Å². The number of nitrogens with zero attached hydrogens (tertiary/aromatic N) is 2. The van der Waals surface area contributed by atoms with Crippen molar-refractivity contribution in [1.82, 2.24) is 19.9 Å². The van der Waals surface area contributed by atoms with Crippen LogP contribution in [0.1, 0.15) is 5.56 Å². The van der Waals surface area contributed by atoms with Crippen molar-refractivity contribution in [3.8, 4) is 11.8 Å². The first-order chi connectivity index (χ1) is 16.2. The Kier molecular flexibility index (Phi) is 4.73. The summed E-state index contributed by atoms with van der Waals surface area (Å²) in [7, 11) is 0. The molecule has 0 amide bonds. The molecule has 0 radical (unpaired) electrons. The summed E-state index contributed by atoms with van der Waals surface area (Å²) in [5.74, 6) is 1.43. The van der Waals surface area contributed by atoms with E-state index in [4.69, 9.17) is 15.2 Å². The zero-order valence-corrected chi connectivity index (χ0v) is 17.8. The van der Waals surface area contributed by atoms with Gasteiger partial charge in [0.2, 0.25) is 5.95 Å². The Balaban J connectivity index is 1.09. The number of anilines is 3. The molecule has 5 aromatic rings. The van der Waals surface area contributed by atoms with Gasteiger partial charge >= 0.3 is 0 Å². The molecule has 1 aliphatic rings. The summed E-state index contributed by atoms with van der Waals surface area (Å²) >= 11 is 0. The summed E-state index contributed by atoms with van der Waals surface area (Å²) in [5, 5.41) is 6.80. The second kappa shape index (κ2) is 8.03. The highest BCUT2D eigenvalue weighted by Crippen LogP contribution is 2.24. The highest BCUT2D eigenvalue weighted by molar-refractivity contribution is 5.81. The fourth-order valence-corrected chi connectivity index (χ4v) is 3.76. The number of fused-ring (bicyclic) bond motifs is 2. The molecule has 0 unspecified atom stereocenters. The third kappa shape index (κ3) is 4.13. The Bertz CT molecular complexity index is 1420. The van der Waals surface area contributed by atoms with Crippen molar-refractivity contribution in [3.05, 3.63) is 66.2 Å². The quantitative estimate of drug-likeness (QED) is 0.239. The second-order valence-electron chi connectivity index (χ2n) is 8.11. The molecule has 0 saturated carbocycles. The fraction of sp³-hybridized carbons (Fsp3) is 0.167. The largest absolute Gasteiger partial charge is 0.426 e. The van der Waals surface area contributed by atoms with Gasteiger partial charge in [0.15, 0.2) is 0 Å². The molecule has 33 heavy (non-hydrogen) atoms. The monoisotopic (exact) mass is 441 g/mol. The molecule has 166 valence electrons. The van der Waals surface area contributed by atoms with Crippen LogP contribution in [0.25, 0.3) is 22.1 Å². The van der Waals surface area contributed by atoms with Crippen LogP contribution in [0.15, 0.2) is 60.7 Å². The van der Waals surface area contributed by atoms with Crippen molar-refractivity contribution >= 4 is 39.4 Å². The van der Waals surface area contributed by atoms with Gasteiger partial charge in [-0.2, -0.15) is 4.98 Å². The predicted molar refractivity (Wildman–Crippen MR) is 129 cm³/mol. The van der Waals surface area contributed by atoms with Crippen molar-refractivity contribution in [2.45, 2.75) is 12.6 Å². The van der Waals surface area contributed by atoms with Gasteiger partial charge in [-0.05, 0) is 54.1 Å². The van der Waals surface area contributed by atoms with E-state index >= 15 is 0 Å². The molecule has 9 heteroatoms. The fourth-order valence-electron chi connectivity index (χ4n) is 3.76. The number of aromatic nitrogens is 4. The number of benzene rings is 3. The number of imidazole rings is 2. The van der Waals surface area contributed by atoms with Crippen molar-refractivity contribution in [2.75, 3.05) is 29.6 Å². The number of H-pyrrole nitrogens is 2. The molecule has 1 aliphatic heterocycles. The average Bonchev–Trinajstić information content (AvgIpc) is 3.38. The van der Waals surface area contributed by atoms with Crippen LogP contribution >= 0.6 is 0 Å². The zero-order chi connectivity index (χ0) is 22.2. The summed E-state index contributed by atoms with van der Waals surface area (Å²) < 4.78 is 11.1. The summed E-state index contributed by atoms with van der Waals surface area (Å²) in [6.45, 7) is 2.14. The Morgan fingerprint density at radius 2 is 1.73 bits per heavy atom. The van der Waals surface area contributed by atoms with Gasteiger partial charge in [0.25, 0.3) is 6.01 Å². The molecule has 3 heterocycles. The summed E-state index contributed by atoms with van der Waals surface area (Å²) in [5.41, 5.74) is 12.2. The first kappa shape index (κ1) is 19.4. The van der Waals surface area contributed by atoms with Crippen LogP contribution < -0.4 is 21.1 Å². The SMILES string of the molecule is Nc1ccc2nc(Oc3ccc(CNc4nc5ccc(NC6COC6)cc5[nH]4)cc3)[nH]c2c1. The standard InChI is InChI=1S/C24H23N7O2/c25-15-3-7-20-21(9-15)31-24(30-20)33-18-5-1-14(2-6-18)11-26-23-28-19-8-4-16(10-22(19)29-23)27-17-12-32-13-17/h1-10,17,27H,11-13,25H2,(H,30,31)(H2,26,28,29). The minimum atomic E-state index is 0.389. The number of hydrogen-bond acceptors (Lipinski definition) is 7. The molecular formula is C24H23N7O2. The molecule has 0 spiro atoms. The lowest BCUT2D eigenvalue weighted by atomic mass is 10.2. The maximum absolute atomic E-state index is 5.85. The van der Waals surface area contributed by atoms with E-state index in [1.807, 2.05) is 54.6 Å². The molecule has 6 rings (SSSR count). The van der Waals surface area contributed by atoms with Crippen molar-refractivity contribution in [3.63, 3.8) is 0 Å². The van der Waals surface area contributed by atoms with Gasteiger partial charge in [0.05, 0.1) is 41.3 Å². The Hall–Kier alpha value is -4.24. The van der Waals surface area contributed by atoms with Gasteiger partial charge in [0.1, 0.15) is 5.75 Å². The number of hydrogen-bond donors (Lipinski definition) is 5. The van der Waals surface area contributed by atoms with Crippen LogP contribution in [0, 0.1) is 0 Å². The molecule has 3 aromatic carbocycles. The van der Waals surface area contributed by atoms with Crippen LogP contribution in [-0.4, -0.2) is 39.2 Å². The summed E-state index contributed by atoms with van der Waals surface area (Å²) in [6.07, 6.45) is 0. The van der Waals surface area contributed by atoms with Crippen LogP contribution in [0.3, 0.4) is 0 Å². The van der Waals surface area contributed by atoms with E-state index in [0.29, 0.717) is 30.0 Å². The van der Waals surface area contributed by atoms with Crippen molar-refractivity contribution in [2.24, 2.45) is 0 Å². The maximum Gasteiger partial charge on any atom is 0.300 e. The van der Waals surface area contributed by atoms with Gasteiger partial charge in [-0.3, -0.25) is 0 Å². The molecule has 2 aromatic heterocycles. The molecule has 1 fully saturated rings. The average molecular weight is 441 g/mol. The normalized spacial score (nSPS) is 13.8. The highest BCUT2D eigenvalue weighted by Gasteiger charge is 2.17. The van der Waals surface area contributed by atoms with Crippen molar-refractivity contribution < 1.29 is 9.47 Å². The number of rotatable bonds is 7. The first-order valence-corrected chi connectivity index (χ1v) is 10.8. The second-order valence-corrected chi connectivity index (χ2v) is 8.11. The van der Waals surface area contributed by atoms with Gasteiger partial charge in [-0.15, -0.1) is 0 Å². The minimum Gasteiger partial charge on any atom is -0.426 e. The van der Waals surface area contributed by atoms with E-state index in [-0.39, 0.29) is 0 Å². The Morgan fingerprint density at radius 1 is 0.939 bits per heavy atom. The van der Waals surface area contributed by atoms with Crippen LogP contribution in [0.2, 0.25) is 0 Å². The van der Waals surface area contributed by atoms with E-state index in [0.717, 1.165) is 52.5 Å². The zero-order valence-electron chi connectivity index (χ0n) is 17.8. The maximum atomic E-state index is 5.85. The van der Waals surface area contributed by atoms with Crippen LogP contribution in [0.4, 0.5) is 17.3 Å². The van der Waals surface area contributed by atoms with E-state index in [2.05, 4.69) is 36.6 Å². The topological polar surface area (TPSA) is 126 Å². The Labute approximate surface area is 189 Å². The van der Waals surface area contributed by atoms with Crippen LogP contribution in [0.5, 0.6) is 11.8 Å². The smallest absolute Gasteiger partial charge is 0.300 e. The summed E-state index contributed by atoms with van der Waals surface area (Å²) in [6, 6.07) is 20.3. The number of ether oxygens (including phenoxy) is 2. The van der Waals surface area contributed by atoms with E-state index < -0.39 is 0 Å². The Morgan fingerprint density at radius 3 is 2.55 bits per heavy atom.